The van der Waals surface area contributed by atoms with Gasteiger partial charge in [0, 0.05) is 6.54 Å². The molecule has 0 radical (unpaired) electrons. The topological polar surface area (TPSA) is 71.3 Å². The molecule has 0 spiro atoms. The van der Waals surface area contributed by atoms with Gasteiger partial charge < -0.3 is 14.6 Å². The van der Waals surface area contributed by atoms with Crippen molar-refractivity contribution in [2.24, 2.45) is 5.92 Å². The van der Waals surface area contributed by atoms with Gasteiger partial charge >= 0.3 is 0 Å². The van der Waals surface area contributed by atoms with E-state index in [1.54, 1.807) is 11.8 Å². The summed E-state index contributed by atoms with van der Waals surface area (Å²) in [5.74, 6) is 1.68. The third-order valence-electron chi connectivity index (χ3n) is 4.64. The highest BCUT2D eigenvalue weighted by Gasteiger charge is 2.31. The maximum absolute atomic E-state index is 12.4. The van der Waals surface area contributed by atoms with Gasteiger partial charge in [0.05, 0.1) is 26.3 Å². The second-order valence-corrected chi connectivity index (χ2v) is 10.3. The van der Waals surface area contributed by atoms with Crippen molar-refractivity contribution >= 4 is 34.1 Å². The molecule has 2 aromatic rings. The minimum absolute atomic E-state index is 0.0509. The lowest BCUT2D eigenvalue weighted by atomic mass is 10.1. The molecule has 1 aliphatic rings. The molecule has 3 heterocycles. The number of oxazole rings is 1. The van der Waals surface area contributed by atoms with Crippen molar-refractivity contribution in [1.82, 2.24) is 14.9 Å². The number of thiazole rings is 1. The van der Waals surface area contributed by atoms with E-state index in [1.165, 1.54) is 11.3 Å². The van der Waals surface area contributed by atoms with Crippen molar-refractivity contribution in [2.75, 3.05) is 25.5 Å². The number of likely N-dealkylation sites (tertiary alicyclic amines) is 1. The molecule has 1 aliphatic heterocycles. The number of anilines is 1. The number of nitrogens with zero attached hydrogens (tertiary/aromatic N) is 3. The number of aromatic nitrogens is 2. The van der Waals surface area contributed by atoms with Crippen LogP contribution in [-0.2, 0) is 9.54 Å². The number of hydrogen-bond donors (Lipinski definition) is 1. The highest BCUT2D eigenvalue weighted by atomic mass is 32.2. The Labute approximate surface area is 162 Å². The van der Waals surface area contributed by atoms with Gasteiger partial charge in [-0.05, 0) is 54.6 Å². The summed E-state index contributed by atoms with van der Waals surface area (Å²) >= 11 is 3.19. The van der Waals surface area contributed by atoms with Crippen LogP contribution in [0.4, 0.5) is 5.13 Å². The second-order valence-electron chi connectivity index (χ2n) is 7.40. The molecule has 1 N–H and O–H groups in total. The maximum Gasteiger partial charge on any atom is 0.230 e. The lowest BCUT2D eigenvalue weighted by molar-refractivity contribution is -0.119. The highest BCUT2D eigenvalue weighted by molar-refractivity contribution is 8.02. The van der Waals surface area contributed by atoms with Crippen molar-refractivity contribution in [3.8, 4) is 0 Å². The fourth-order valence-electron chi connectivity index (χ4n) is 2.89. The molecule has 1 amide bonds. The van der Waals surface area contributed by atoms with Gasteiger partial charge in [-0.1, -0.05) is 23.1 Å². The van der Waals surface area contributed by atoms with Crippen molar-refractivity contribution in [3.63, 3.8) is 0 Å². The summed E-state index contributed by atoms with van der Waals surface area (Å²) < 4.78 is 6.58. The monoisotopic (exact) mass is 394 g/mol. The SMILES string of the molecule is Cc1nc(C(C)(C)Sc2sc(NC(=O)C3CCN(C)C3)nc2C)oc1C. The molecule has 0 aliphatic carbocycles. The molecule has 6 nitrogen and oxygen atoms in total. The number of rotatable bonds is 5. The van der Waals surface area contributed by atoms with E-state index in [1.807, 2.05) is 27.8 Å². The molecule has 1 fully saturated rings. The molecular weight excluding hydrogens is 368 g/mol. The summed E-state index contributed by atoms with van der Waals surface area (Å²) in [7, 11) is 2.05. The Kier molecular flexibility index (Phi) is 5.46. The average molecular weight is 395 g/mol. The first-order valence-corrected chi connectivity index (χ1v) is 10.4. The second kappa shape index (κ2) is 7.32. The summed E-state index contributed by atoms with van der Waals surface area (Å²) in [6.45, 7) is 11.8. The van der Waals surface area contributed by atoms with Crippen LogP contribution < -0.4 is 5.32 Å². The number of aryl methyl sites for hydroxylation is 3. The molecule has 8 heteroatoms. The van der Waals surface area contributed by atoms with Gasteiger partial charge in [0.15, 0.2) is 5.13 Å². The number of carbonyl (C=O) groups excluding carboxylic acids is 1. The average Bonchev–Trinajstić information content (AvgIpc) is 3.21. The fourth-order valence-corrected chi connectivity index (χ4v) is 5.46. The van der Waals surface area contributed by atoms with Gasteiger partial charge in [-0.3, -0.25) is 4.79 Å². The number of thioether (sulfide) groups is 1. The van der Waals surface area contributed by atoms with Gasteiger partial charge in [0.25, 0.3) is 0 Å². The summed E-state index contributed by atoms with van der Waals surface area (Å²) in [6, 6.07) is 0. The molecule has 2 aromatic heterocycles. The molecule has 1 saturated heterocycles. The molecular formula is C18H26N4O2S2. The van der Waals surface area contributed by atoms with Crippen molar-refractivity contribution < 1.29 is 9.21 Å². The Bertz CT molecular complexity index is 793. The fraction of sp³-hybridized carbons (Fsp3) is 0.611. The summed E-state index contributed by atoms with van der Waals surface area (Å²) in [5.41, 5.74) is 1.84. The molecule has 0 aromatic carbocycles. The standard InChI is InChI=1S/C18H26N4O2S2/c1-10-12(3)24-16(19-10)18(4,5)26-15-11(2)20-17(25-15)21-14(23)13-7-8-22(6)9-13/h13H,7-9H2,1-6H3,(H,20,21,23). The van der Waals surface area contributed by atoms with Crippen LogP contribution in [0, 0.1) is 26.7 Å². The minimum atomic E-state index is -0.314. The van der Waals surface area contributed by atoms with E-state index >= 15 is 0 Å². The first-order chi connectivity index (χ1) is 12.2. The zero-order valence-electron chi connectivity index (χ0n) is 16.2. The highest BCUT2D eigenvalue weighted by Crippen LogP contribution is 2.45. The van der Waals surface area contributed by atoms with Gasteiger partial charge in [0.1, 0.15) is 5.76 Å². The van der Waals surface area contributed by atoms with Crippen LogP contribution in [-0.4, -0.2) is 40.9 Å². The van der Waals surface area contributed by atoms with Crippen LogP contribution in [0.2, 0.25) is 0 Å². The van der Waals surface area contributed by atoms with E-state index in [0.717, 1.165) is 40.9 Å². The third-order valence-corrected chi connectivity index (χ3v) is 7.17. The van der Waals surface area contributed by atoms with Crippen LogP contribution in [0.5, 0.6) is 0 Å². The van der Waals surface area contributed by atoms with Crippen LogP contribution in [0.3, 0.4) is 0 Å². The summed E-state index contributed by atoms with van der Waals surface area (Å²) in [5, 5.41) is 3.66. The zero-order chi connectivity index (χ0) is 19.1. The predicted molar refractivity (Wildman–Crippen MR) is 106 cm³/mol. The van der Waals surface area contributed by atoms with Crippen LogP contribution >= 0.6 is 23.1 Å². The Morgan fingerprint density at radius 1 is 1.31 bits per heavy atom. The lowest BCUT2D eigenvalue weighted by Gasteiger charge is -2.19. The molecule has 1 atom stereocenters. The minimum Gasteiger partial charge on any atom is -0.444 e. The largest absolute Gasteiger partial charge is 0.444 e. The van der Waals surface area contributed by atoms with Crippen molar-refractivity contribution in [2.45, 2.75) is 50.0 Å². The van der Waals surface area contributed by atoms with Crippen LogP contribution in [0.25, 0.3) is 0 Å². The van der Waals surface area contributed by atoms with E-state index in [0.29, 0.717) is 11.0 Å². The number of carbonyl (C=O) groups is 1. The first kappa shape index (κ1) is 19.4. The Hall–Kier alpha value is -1.38. The quantitative estimate of drug-likeness (QED) is 0.774. The van der Waals surface area contributed by atoms with E-state index in [4.69, 9.17) is 4.42 Å². The molecule has 0 bridgehead atoms. The third kappa shape index (κ3) is 4.13. The van der Waals surface area contributed by atoms with Crippen LogP contribution in [0.1, 0.15) is 43.3 Å². The van der Waals surface area contributed by atoms with E-state index in [-0.39, 0.29) is 16.6 Å². The predicted octanol–water partition coefficient (Wildman–Crippen LogP) is 3.97. The van der Waals surface area contributed by atoms with Gasteiger partial charge in [-0.25, -0.2) is 9.97 Å². The van der Waals surface area contributed by atoms with Crippen molar-refractivity contribution in [1.29, 1.82) is 0 Å². The molecule has 142 valence electrons. The lowest BCUT2D eigenvalue weighted by Crippen LogP contribution is -2.25. The van der Waals surface area contributed by atoms with E-state index < -0.39 is 0 Å². The molecule has 0 saturated carbocycles. The van der Waals surface area contributed by atoms with Crippen molar-refractivity contribution in [3.05, 3.63) is 23.0 Å². The number of amides is 1. The first-order valence-electron chi connectivity index (χ1n) is 8.76. The van der Waals surface area contributed by atoms with Crippen LogP contribution in [0.15, 0.2) is 8.63 Å². The normalized spacial score (nSPS) is 18.5. The zero-order valence-corrected chi connectivity index (χ0v) is 17.8. The molecule has 1 unspecified atom stereocenters. The summed E-state index contributed by atoms with van der Waals surface area (Å²) in [6.07, 6.45) is 0.907. The van der Waals surface area contributed by atoms with Gasteiger partial charge in [-0.2, -0.15) is 0 Å². The molecule has 26 heavy (non-hydrogen) atoms. The Balaban J connectivity index is 1.70. The van der Waals surface area contributed by atoms with E-state index in [2.05, 4.69) is 34.0 Å². The molecule has 3 rings (SSSR count). The number of hydrogen-bond acceptors (Lipinski definition) is 7. The van der Waals surface area contributed by atoms with Gasteiger partial charge in [-0.15, -0.1) is 0 Å². The Morgan fingerprint density at radius 3 is 2.62 bits per heavy atom. The number of nitrogens with one attached hydrogen (secondary N) is 1. The smallest absolute Gasteiger partial charge is 0.230 e. The Morgan fingerprint density at radius 2 is 2.04 bits per heavy atom. The van der Waals surface area contributed by atoms with E-state index in [9.17, 15) is 4.79 Å². The van der Waals surface area contributed by atoms with Gasteiger partial charge in [0.2, 0.25) is 11.8 Å². The maximum atomic E-state index is 12.4. The summed E-state index contributed by atoms with van der Waals surface area (Å²) in [4.78, 5) is 23.7.